The minimum Gasteiger partial charge on any atom is -0.398 e. The number of sulfonamides is 1. The highest BCUT2D eigenvalue weighted by molar-refractivity contribution is 7.89. The van der Waals surface area contributed by atoms with Gasteiger partial charge < -0.3 is 10.7 Å². The SMILES string of the molecule is Nc1cccc(F)c1S(=O)(=O)NCc1cnc[nH]1. The topological polar surface area (TPSA) is 101 Å². The number of nitrogens with one attached hydrogen (secondary N) is 2. The van der Waals surface area contributed by atoms with Crippen LogP contribution in [-0.2, 0) is 16.6 Å². The summed E-state index contributed by atoms with van der Waals surface area (Å²) < 4.78 is 39.5. The number of benzene rings is 1. The molecule has 2 rings (SSSR count). The van der Waals surface area contributed by atoms with Crippen molar-refractivity contribution in [3.8, 4) is 0 Å². The molecule has 6 nitrogen and oxygen atoms in total. The van der Waals surface area contributed by atoms with Gasteiger partial charge in [0.15, 0.2) is 0 Å². The molecule has 2 aromatic rings. The first kappa shape index (κ1) is 12.5. The van der Waals surface area contributed by atoms with Gasteiger partial charge >= 0.3 is 0 Å². The van der Waals surface area contributed by atoms with Crippen molar-refractivity contribution in [1.82, 2.24) is 14.7 Å². The number of nitrogens with two attached hydrogens (primary N) is 1. The highest BCUT2D eigenvalue weighted by atomic mass is 32.2. The number of halogens is 1. The number of anilines is 1. The molecule has 96 valence electrons. The highest BCUT2D eigenvalue weighted by Crippen LogP contribution is 2.21. The van der Waals surface area contributed by atoms with Crippen molar-refractivity contribution in [2.75, 3.05) is 5.73 Å². The molecule has 8 heteroatoms. The number of nitrogens with zero attached hydrogens (tertiary/aromatic N) is 1. The molecular weight excluding hydrogens is 259 g/mol. The van der Waals surface area contributed by atoms with E-state index in [1.54, 1.807) is 0 Å². The van der Waals surface area contributed by atoms with Crippen molar-refractivity contribution in [1.29, 1.82) is 0 Å². The maximum absolute atomic E-state index is 13.5. The molecule has 0 aliphatic rings. The Morgan fingerprint density at radius 1 is 1.44 bits per heavy atom. The first-order chi connectivity index (χ1) is 8.50. The third-order valence-corrected chi connectivity index (χ3v) is 3.77. The molecule has 18 heavy (non-hydrogen) atoms. The standard InChI is InChI=1S/C10H11FN4O2S/c11-8-2-1-3-9(12)10(8)18(16,17)15-5-7-4-13-6-14-7/h1-4,6,15H,5,12H2,(H,13,14). The first-order valence-corrected chi connectivity index (χ1v) is 6.50. The molecule has 0 aliphatic heterocycles. The summed E-state index contributed by atoms with van der Waals surface area (Å²) in [4.78, 5) is 5.93. The maximum Gasteiger partial charge on any atom is 0.245 e. The summed E-state index contributed by atoms with van der Waals surface area (Å²) in [6.07, 6.45) is 2.88. The number of nitrogen functional groups attached to an aromatic ring is 1. The molecule has 0 bridgehead atoms. The molecule has 0 saturated heterocycles. The number of rotatable bonds is 4. The quantitative estimate of drug-likeness (QED) is 0.708. The predicted molar refractivity (Wildman–Crippen MR) is 63.4 cm³/mol. The molecule has 1 aromatic carbocycles. The van der Waals surface area contributed by atoms with Crippen LogP contribution in [0.15, 0.2) is 35.6 Å². The maximum atomic E-state index is 13.5. The average molecular weight is 270 g/mol. The number of aromatic amines is 1. The van der Waals surface area contributed by atoms with E-state index in [4.69, 9.17) is 5.73 Å². The van der Waals surface area contributed by atoms with Crippen molar-refractivity contribution in [2.45, 2.75) is 11.4 Å². The summed E-state index contributed by atoms with van der Waals surface area (Å²) >= 11 is 0. The van der Waals surface area contributed by atoms with Gasteiger partial charge in [-0.25, -0.2) is 22.5 Å². The van der Waals surface area contributed by atoms with Crippen molar-refractivity contribution >= 4 is 15.7 Å². The predicted octanol–water partition coefficient (Wildman–Crippen LogP) is 0.610. The molecule has 1 aromatic heterocycles. The van der Waals surface area contributed by atoms with Gasteiger partial charge in [-0.2, -0.15) is 0 Å². The van der Waals surface area contributed by atoms with Crippen LogP contribution in [0.25, 0.3) is 0 Å². The van der Waals surface area contributed by atoms with Gasteiger partial charge in [-0.1, -0.05) is 6.07 Å². The lowest BCUT2D eigenvalue weighted by atomic mass is 10.3. The summed E-state index contributed by atoms with van der Waals surface area (Å²) in [5.41, 5.74) is 5.91. The van der Waals surface area contributed by atoms with E-state index in [1.807, 2.05) is 0 Å². The van der Waals surface area contributed by atoms with Gasteiger partial charge in [-0.3, -0.25) is 0 Å². The van der Waals surface area contributed by atoms with Crippen LogP contribution < -0.4 is 10.5 Å². The van der Waals surface area contributed by atoms with Gasteiger partial charge in [-0.05, 0) is 12.1 Å². The Balaban J connectivity index is 2.26. The second-order valence-electron chi connectivity index (χ2n) is 3.56. The summed E-state index contributed by atoms with van der Waals surface area (Å²) in [5.74, 6) is -0.882. The van der Waals surface area contributed by atoms with Gasteiger partial charge in [0.05, 0.1) is 18.6 Å². The van der Waals surface area contributed by atoms with Crippen molar-refractivity contribution in [2.24, 2.45) is 0 Å². The van der Waals surface area contributed by atoms with Crippen molar-refractivity contribution in [3.63, 3.8) is 0 Å². The van der Waals surface area contributed by atoms with E-state index in [-0.39, 0.29) is 12.2 Å². The Labute approximate surface area is 103 Å². The van der Waals surface area contributed by atoms with E-state index in [2.05, 4.69) is 14.7 Å². The Morgan fingerprint density at radius 3 is 2.83 bits per heavy atom. The summed E-state index contributed by atoms with van der Waals surface area (Å²) in [5, 5.41) is 0. The number of hydrogen-bond acceptors (Lipinski definition) is 4. The minimum absolute atomic E-state index is 0.0178. The molecule has 0 saturated carbocycles. The lowest BCUT2D eigenvalue weighted by molar-refractivity contribution is 0.557. The van der Waals surface area contributed by atoms with Crippen LogP contribution in [0.4, 0.5) is 10.1 Å². The van der Waals surface area contributed by atoms with Gasteiger partial charge in [0.1, 0.15) is 10.7 Å². The monoisotopic (exact) mass is 270 g/mol. The molecule has 0 fully saturated rings. The largest absolute Gasteiger partial charge is 0.398 e. The fourth-order valence-electron chi connectivity index (χ4n) is 1.44. The molecular formula is C10H11FN4O2S. The normalized spacial score (nSPS) is 11.6. The second-order valence-corrected chi connectivity index (χ2v) is 5.26. The van der Waals surface area contributed by atoms with Crippen molar-refractivity contribution < 1.29 is 12.8 Å². The highest BCUT2D eigenvalue weighted by Gasteiger charge is 2.21. The molecule has 0 amide bonds. The van der Waals surface area contributed by atoms with Crippen LogP contribution in [0, 0.1) is 5.82 Å². The van der Waals surface area contributed by atoms with E-state index >= 15 is 0 Å². The van der Waals surface area contributed by atoms with Crippen molar-refractivity contribution in [3.05, 3.63) is 42.2 Å². The average Bonchev–Trinajstić information content (AvgIpc) is 2.78. The Hall–Kier alpha value is -1.93. The zero-order valence-electron chi connectivity index (χ0n) is 9.22. The van der Waals surface area contributed by atoms with Crippen LogP contribution >= 0.6 is 0 Å². The molecule has 0 atom stereocenters. The molecule has 0 unspecified atom stereocenters. The number of aromatic nitrogens is 2. The van der Waals surface area contributed by atoms with E-state index in [0.717, 1.165) is 6.07 Å². The van der Waals surface area contributed by atoms with E-state index in [0.29, 0.717) is 5.69 Å². The summed E-state index contributed by atoms with van der Waals surface area (Å²) in [6, 6.07) is 3.72. The van der Waals surface area contributed by atoms with E-state index in [1.165, 1.54) is 24.7 Å². The molecule has 1 heterocycles. The summed E-state index contributed by atoms with van der Waals surface area (Å²) in [6.45, 7) is -0.0178. The minimum atomic E-state index is -4.00. The fraction of sp³-hybridized carbons (Fsp3) is 0.100. The molecule has 4 N–H and O–H groups in total. The Bertz CT molecular complexity index is 620. The number of hydrogen-bond donors (Lipinski definition) is 3. The molecule has 0 aliphatic carbocycles. The van der Waals surface area contributed by atoms with Crippen LogP contribution in [-0.4, -0.2) is 18.4 Å². The van der Waals surface area contributed by atoms with Crippen LogP contribution in [0.3, 0.4) is 0 Å². The third kappa shape index (κ3) is 2.49. The Morgan fingerprint density at radius 2 is 2.22 bits per heavy atom. The lowest BCUT2D eigenvalue weighted by Crippen LogP contribution is -2.25. The number of H-pyrrole nitrogens is 1. The zero-order valence-corrected chi connectivity index (χ0v) is 10.0. The first-order valence-electron chi connectivity index (χ1n) is 5.01. The third-order valence-electron chi connectivity index (χ3n) is 2.27. The van der Waals surface area contributed by atoms with Gasteiger partial charge in [0.25, 0.3) is 0 Å². The lowest BCUT2D eigenvalue weighted by Gasteiger charge is -2.09. The fourth-order valence-corrected chi connectivity index (χ4v) is 2.63. The zero-order chi connectivity index (χ0) is 13.2. The molecule has 0 spiro atoms. The van der Waals surface area contributed by atoms with Gasteiger partial charge in [0.2, 0.25) is 10.0 Å². The second kappa shape index (κ2) is 4.75. The van der Waals surface area contributed by atoms with Crippen LogP contribution in [0.2, 0.25) is 0 Å². The van der Waals surface area contributed by atoms with E-state index in [9.17, 15) is 12.8 Å². The Kier molecular flexibility index (Phi) is 3.30. The number of imidazole rings is 1. The van der Waals surface area contributed by atoms with Gasteiger partial charge in [-0.15, -0.1) is 0 Å². The van der Waals surface area contributed by atoms with Crippen LogP contribution in [0.1, 0.15) is 5.69 Å². The van der Waals surface area contributed by atoms with Crippen LogP contribution in [0.5, 0.6) is 0 Å². The van der Waals surface area contributed by atoms with E-state index < -0.39 is 20.7 Å². The summed E-state index contributed by atoms with van der Waals surface area (Å²) in [7, 11) is -4.00. The molecule has 0 radical (unpaired) electrons. The smallest absolute Gasteiger partial charge is 0.245 e. The van der Waals surface area contributed by atoms with Gasteiger partial charge in [0, 0.05) is 11.9 Å².